The molecule has 0 unspecified atom stereocenters. The number of benzene rings is 2. The van der Waals surface area contributed by atoms with E-state index in [9.17, 15) is 13.6 Å². The molecule has 2 heterocycles. The van der Waals surface area contributed by atoms with Gasteiger partial charge in [-0.25, -0.2) is 18.7 Å². The van der Waals surface area contributed by atoms with Crippen LogP contribution in [0, 0.1) is 24.5 Å². The summed E-state index contributed by atoms with van der Waals surface area (Å²) in [5.74, 6) is -0.369. The first kappa shape index (κ1) is 19.9. The second-order valence-corrected chi connectivity index (χ2v) is 7.52. The molecule has 1 aromatic heterocycles. The number of carbonyl (C=O) groups is 1. The van der Waals surface area contributed by atoms with Gasteiger partial charge in [0.15, 0.2) is 5.82 Å². The smallest absolute Gasteiger partial charge is 0.227 e. The lowest BCUT2D eigenvalue weighted by molar-refractivity contribution is -0.120. The molecule has 7 heteroatoms. The lowest BCUT2D eigenvalue weighted by Gasteiger charge is -2.32. The third kappa shape index (κ3) is 4.62. The van der Waals surface area contributed by atoms with Crippen LogP contribution in [0.1, 0.15) is 18.4 Å². The fraction of sp³-hybridized carbons (Fsp3) is 0.261. The molecule has 1 saturated heterocycles. The van der Waals surface area contributed by atoms with Gasteiger partial charge in [-0.2, -0.15) is 0 Å². The quantitative estimate of drug-likeness (QED) is 0.686. The summed E-state index contributed by atoms with van der Waals surface area (Å²) >= 11 is 0. The van der Waals surface area contributed by atoms with Crippen LogP contribution in [0.3, 0.4) is 0 Å². The predicted octanol–water partition coefficient (Wildman–Crippen LogP) is 4.59. The molecule has 0 saturated carbocycles. The normalized spacial score (nSPS) is 14.6. The molecule has 3 aromatic rings. The van der Waals surface area contributed by atoms with Crippen molar-refractivity contribution in [1.82, 2.24) is 9.97 Å². The van der Waals surface area contributed by atoms with E-state index in [2.05, 4.69) is 15.2 Å². The molecule has 1 fully saturated rings. The number of nitrogens with one attached hydrogen (secondary N) is 1. The third-order valence-electron chi connectivity index (χ3n) is 5.24. The van der Waals surface area contributed by atoms with Gasteiger partial charge in [0.1, 0.15) is 17.5 Å². The van der Waals surface area contributed by atoms with Crippen molar-refractivity contribution >= 4 is 17.4 Å². The van der Waals surface area contributed by atoms with Crippen molar-refractivity contribution in [2.75, 3.05) is 23.3 Å². The zero-order valence-corrected chi connectivity index (χ0v) is 16.6. The molecular weight excluding hydrogens is 386 g/mol. The zero-order chi connectivity index (χ0) is 21.1. The first-order valence-corrected chi connectivity index (χ1v) is 9.90. The summed E-state index contributed by atoms with van der Waals surface area (Å²) in [6.07, 6.45) is 3.01. The molecular formula is C23H22F2N4O. The van der Waals surface area contributed by atoms with Gasteiger partial charge < -0.3 is 10.2 Å². The van der Waals surface area contributed by atoms with E-state index >= 15 is 0 Å². The Morgan fingerprint density at radius 3 is 2.50 bits per heavy atom. The van der Waals surface area contributed by atoms with Crippen molar-refractivity contribution in [3.8, 4) is 11.4 Å². The molecule has 1 N–H and O–H groups in total. The van der Waals surface area contributed by atoms with E-state index in [0.717, 1.165) is 35.1 Å². The minimum atomic E-state index is -0.715. The monoisotopic (exact) mass is 408 g/mol. The molecule has 1 aliphatic heterocycles. The Balaban J connectivity index is 1.40. The van der Waals surface area contributed by atoms with Crippen LogP contribution in [-0.2, 0) is 4.79 Å². The van der Waals surface area contributed by atoms with E-state index in [0.29, 0.717) is 31.8 Å². The Morgan fingerprint density at radius 2 is 1.80 bits per heavy atom. The molecule has 0 atom stereocenters. The van der Waals surface area contributed by atoms with Crippen LogP contribution in [-0.4, -0.2) is 29.0 Å². The third-order valence-corrected chi connectivity index (χ3v) is 5.24. The zero-order valence-electron chi connectivity index (χ0n) is 16.6. The number of aromatic nitrogens is 2. The van der Waals surface area contributed by atoms with Gasteiger partial charge in [-0.3, -0.25) is 4.79 Å². The fourth-order valence-corrected chi connectivity index (χ4v) is 3.69. The molecule has 0 aliphatic carbocycles. The summed E-state index contributed by atoms with van der Waals surface area (Å²) in [6, 6.07) is 12.9. The molecule has 154 valence electrons. The van der Waals surface area contributed by atoms with Crippen molar-refractivity contribution in [3.05, 3.63) is 71.9 Å². The van der Waals surface area contributed by atoms with Gasteiger partial charge in [-0.15, -0.1) is 0 Å². The Hall–Kier alpha value is -3.35. The number of hydrogen-bond donors (Lipinski definition) is 1. The summed E-state index contributed by atoms with van der Waals surface area (Å²) in [4.78, 5) is 23.7. The SMILES string of the molecule is Cc1cccc(-c2nccc(N3CCC(C(=O)Nc4cc(F)cc(F)c4)CC3)n2)c1. The second-order valence-electron chi connectivity index (χ2n) is 7.52. The summed E-state index contributed by atoms with van der Waals surface area (Å²) < 4.78 is 26.7. The molecule has 30 heavy (non-hydrogen) atoms. The Labute approximate surface area is 173 Å². The van der Waals surface area contributed by atoms with Gasteiger partial charge in [0, 0.05) is 42.5 Å². The lowest BCUT2D eigenvalue weighted by atomic mass is 9.95. The predicted molar refractivity (Wildman–Crippen MR) is 112 cm³/mol. The number of hydrogen-bond acceptors (Lipinski definition) is 4. The number of carbonyl (C=O) groups excluding carboxylic acids is 1. The highest BCUT2D eigenvalue weighted by Crippen LogP contribution is 2.25. The van der Waals surface area contributed by atoms with Gasteiger partial charge >= 0.3 is 0 Å². The van der Waals surface area contributed by atoms with Gasteiger partial charge in [-0.05, 0) is 44.0 Å². The topological polar surface area (TPSA) is 58.1 Å². The Kier molecular flexibility index (Phi) is 5.70. The fourth-order valence-electron chi connectivity index (χ4n) is 3.69. The number of rotatable bonds is 4. The van der Waals surface area contributed by atoms with E-state index in [1.807, 2.05) is 37.3 Å². The lowest BCUT2D eigenvalue weighted by Crippen LogP contribution is -2.38. The van der Waals surface area contributed by atoms with E-state index in [1.165, 1.54) is 0 Å². The number of amides is 1. The van der Waals surface area contributed by atoms with Crippen LogP contribution in [0.15, 0.2) is 54.7 Å². The standard InChI is InChI=1S/C23H22F2N4O/c1-15-3-2-4-17(11-15)22-26-8-5-21(28-22)29-9-6-16(7-10-29)23(30)27-20-13-18(24)12-19(25)14-20/h2-5,8,11-14,16H,6-7,9-10H2,1H3,(H,27,30). The van der Waals surface area contributed by atoms with Crippen LogP contribution >= 0.6 is 0 Å². The number of anilines is 2. The van der Waals surface area contributed by atoms with E-state index in [4.69, 9.17) is 4.98 Å². The molecule has 4 rings (SSSR count). The highest BCUT2D eigenvalue weighted by Gasteiger charge is 2.26. The van der Waals surface area contributed by atoms with Crippen LogP contribution in [0.2, 0.25) is 0 Å². The largest absolute Gasteiger partial charge is 0.356 e. The summed E-state index contributed by atoms with van der Waals surface area (Å²) in [6.45, 7) is 3.36. The number of nitrogens with zero attached hydrogens (tertiary/aromatic N) is 3. The van der Waals surface area contributed by atoms with Crippen molar-refractivity contribution < 1.29 is 13.6 Å². The highest BCUT2D eigenvalue weighted by molar-refractivity contribution is 5.92. The first-order valence-electron chi connectivity index (χ1n) is 9.90. The molecule has 5 nitrogen and oxygen atoms in total. The number of aryl methyl sites for hydroxylation is 1. The first-order chi connectivity index (χ1) is 14.5. The Morgan fingerprint density at radius 1 is 1.07 bits per heavy atom. The molecule has 0 bridgehead atoms. The number of piperidine rings is 1. The van der Waals surface area contributed by atoms with E-state index in [1.54, 1.807) is 6.20 Å². The molecule has 1 amide bonds. The maximum Gasteiger partial charge on any atom is 0.227 e. The van der Waals surface area contributed by atoms with Crippen LogP contribution in [0.4, 0.5) is 20.3 Å². The average molecular weight is 408 g/mol. The van der Waals surface area contributed by atoms with Gasteiger partial charge in [0.05, 0.1) is 0 Å². The highest BCUT2D eigenvalue weighted by atomic mass is 19.1. The van der Waals surface area contributed by atoms with E-state index in [-0.39, 0.29) is 17.5 Å². The molecule has 0 spiro atoms. The van der Waals surface area contributed by atoms with Gasteiger partial charge in [-0.1, -0.05) is 23.8 Å². The molecule has 2 aromatic carbocycles. The van der Waals surface area contributed by atoms with Crippen molar-refractivity contribution in [3.63, 3.8) is 0 Å². The van der Waals surface area contributed by atoms with Gasteiger partial charge in [0.2, 0.25) is 5.91 Å². The van der Waals surface area contributed by atoms with Crippen LogP contribution in [0.5, 0.6) is 0 Å². The summed E-state index contributed by atoms with van der Waals surface area (Å²) in [5.41, 5.74) is 2.25. The van der Waals surface area contributed by atoms with Crippen molar-refractivity contribution in [1.29, 1.82) is 0 Å². The minimum absolute atomic E-state index is 0.138. The summed E-state index contributed by atoms with van der Waals surface area (Å²) in [5, 5.41) is 2.62. The maximum atomic E-state index is 13.3. The Bertz CT molecular complexity index is 1040. The van der Waals surface area contributed by atoms with Crippen LogP contribution < -0.4 is 10.2 Å². The molecule has 0 radical (unpaired) electrons. The average Bonchev–Trinajstić information content (AvgIpc) is 2.73. The number of halogens is 2. The second kappa shape index (κ2) is 8.57. The van der Waals surface area contributed by atoms with E-state index < -0.39 is 11.6 Å². The van der Waals surface area contributed by atoms with Crippen LogP contribution in [0.25, 0.3) is 11.4 Å². The maximum absolute atomic E-state index is 13.3. The van der Waals surface area contributed by atoms with Crippen molar-refractivity contribution in [2.45, 2.75) is 19.8 Å². The molecule has 1 aliphatic rings. The summed E-state index contributed by atoms with van der Waals surface area (Å²) in [7, 11) is 0. The minimum Gasteiger partial charge on any atom is -0.356 e. The van der Waals surface area contributed by atoms with Crippen molar-refractivity contribution in [2.24, 2.45) is 5.92 Å². The van der Waals surface area contributed by atoms with Gasteiger partial charge in [0.25, 0.3) is 0 Å².